The predicted molar refractivity (Wildman–Crippen MR) is 74.5 cm³/mol. The van der Waals surface area contributed by atoms with Crippen LogP contribution < -0.4 is 5.32 Å². The Bertz CT molecular complexity index is 510. The maximum absolute atomic E-state index is 11.1. The van der Waals surface area contributed by atoms with Gasteiger partial charge in [0.1, 0.15) is 9.84 Å². The molecule has 0 aliphatic heterocycles. The van der Waals surface area contributed by atoms with E-state index in [9.17, 15) is 8.42 Å². The van der Waals surface area contributed by atoms with Gasteiger partial charge in [-0.05, 0) is 29.9 Å². The van der Waals surface area contributed by atoms with E-state index in [-0.39, 0.29) is 5.75 Å². The molecular weight excluding hydrogens is 246 g/mol. The van der Waals surface area contributed by atoms with Crippen LogP contribution in [-0.2, 0) is 9.84 Å². The summed E-state index contributed by atoms with van der Waals surface area (Å²) in [5, 5.41) is 3.38. The molecule has 2 unspecified atom stereocenters. The second-order valence-corrected chi connectivity index (χ2v) is 7.50. The zero-order chi connectivity index (χ0) is 13.2. The fraction of sp³-hybridized carbons (Fsp3) is 0.571. The van der Waals surface area contributed by atoms with E-state index in [2.05, 4.69) is 36.5 Å². The van der Waals surface area contributed by atoms with Gasteiger partial charge in [-0.2, -0.15) is 0 Å². The average molecular weight is 267 g/mol. The molecule has 4 heteroatoms. The summed E-state index contributed by atoms with van der Waals surface area (Å²) in [6.07, 6.45) is 3.53. The van der Waals surface area contributed by atoms with Crippen molar-refractivity contribution in [3.05, 3.63) is 35.4 Å². The quantitative estimate of drug-likeness (QED) is 0.910. The SMILES string of the molecule is CC1CCC(NCCS(C)(=O)=O)c2ccccc21. The van der Waals surface area contributed by atoms with Crippen LogP contribution in [0.5, 0.6) is 0 Å². The van der Waals surface area contributed by atoms with E-state index in [0.29, 0.717) is 18.5 Å². The van der Waals surface area contributed by atoms with Crippen LogP contribution >= 0.6 is 0 Å². The topological polar surface area (TPSA) is 46.2 Å². The second kappa shape index (κ2) is 5.41. The van der Waals surface area contributed by atoms with Crippen molar-refractivity contribution in [2.24, 2.45) is 0 Å². The summed E-state index contributed by atoms with van der Waals surface area (Å²) in [7, 11) is -2.88. The van der Waals surface area contributed by atoms with Gasteiger partial charge in [0.05, 0.1) is 5.75 Å². The third kappa shape index (κ3) is 3.33. The van der Waals surface area contributed by atoms with Gasteiger partial charge in [-0.15, -0.1) is 0 Å². The Morgan fingerprint density at radius 2 is 1.89 bits per heavy atom. The van der Waals surface area contributed by atoms with Crippen molar-refractivity contribution in [3.63, 3.8) is 0 Å². The van der Waals surface area contributed by atoms with E-state index >= 15 is 0 Å². The molecule has 0 spiro atoms. The van der Waals surface area contributed by atoms with Crippen LogP contribution in [0.1, 0.15) is 42.9 Å². The van der Waals surface area contributed by atoms with Gasteiger partial charge in [0, 0.05) is 18.8 Å². The molecule has 1 aliphatic carbocycles. The Labute approximate surface area is 110 Å². The van der Waals surface area contributed by atoms with E-state index in [1.165, 1.54) is 17.4 Å². The molecule has 2 atom stereocenters. The third-order valence-electron chi connectivity index (χ3n) is 3.65. The molecule has 0 saturated heterocycles. The normalized spacial score (nSPS) is 23.7. The van der Waals surface area contributed by atoms with Crippen LogP contribution in [0.2, 0.25) is 0 Å². The van der Waals surface area contributed by atoms with Gasteiger partial charge in [-0.3, -0.25) is 0 Å². The van der Waals surface area contributed by atoms with Gasteiger partial charge < -0.3 is 5.32 Å². The lowest BCUT2D eigenvalue weighted by Crippen LogP contribution is -2.30. The number of nitrogens with one attached hydrogen (secondary N) is 1. The van der Waals surface area contributed by atoms with Crippen molar-refractivity contribution in [3.8, 4) is 0 Å². The van der Waals surface area contributed by atoms with Crippen LogP contribution in [0.3, 0.4) is 0 Å². The van der Waals surface area contributed by atoms with Crippen LogP contribution in [-0.4, -0.2) is 27.0 Å². The Morgan fingerprint density at radius 3 is 2.56 bits per heavy atom. The average Bonchev–Trinajstić information content (AvgIpc) is 2.31. The summed E-state index contributed by atoms with van der Waals surface area (Å²) in [5.74, 6) is 0.815. The molecule has 0 aromatic heterocycles. The molecule has 0 fully saturated rings. The summed E-state index contributed by atoms with van der Waals surface area (Å²) < 4.78 is 22.3. The van der Waals surface area contributed by atoms with Gasteiger partial charge >= 0.3 is 0 Å². The summed E-state index contributed by atoms with van der Waals surface area (Å²) in [4.78, 5) is 0. The highest BCUT2D eigenvalue weighted by atomic mass is 32.2. The van der Waals surface area contributed by atoms with Crippen LogP contribution in [0.25, 0.3) is 0 Å². The molecule has 0 radical (unpaired) electrons. The lowest BCUT2D eigenvalue weighted by atomic mass is 9.81. The van der Waals surface area contributed by atoms with Crippen LogP contribution in [0.4, 0.5) is 0 Å². The number of benzene rings is 1. The second-order valence-electron chi connectivity index (χ2n) is 5.24. The highest BCUT2D eigenvalue weighted by Gasteiger charge is 2.23. The molecule has 0 heterocycles. The van der Waals surface area contributed by atoms with E-state index in [0.717, 1.165) is 12.8 Å². The van der Waals surface area contributed by atoms with Crippen molar-refractivity contribution in [2.45, 2.75) is 31.7 Å². The van der Waals surface area contributed by atoms with Gasteiger partial charge in [0.25, 0.3) is 0 Å². The summed E-state index contributed by atoms with van der Waals surface area (Å²) in [5.41, 5.74) is 2.74. The predicted octanol–water partition coefficient (Wildman–Crippen LogP) is 2.26. The molecule has 2 rings (SSSR count). The van der Waals surface area contributed by atoms with E-state index in [1.54, 1.807) is 0 Å². The lowest BCUT2D eigenvalue weighted by Gasteiger charge is -2.30. The van der Waals surface area contributed by atoms with E-state index < -0.39 is 9.84 Å². The van der Waals surface area contributed by atoms with Gasteiger partial charge in [-0.1, -0.05) is 31.2 Å². The minimum Gasteiger partial charge on any atom is -0.309 e. The smallest absolute Gasteiger partial charge is 0.148 e. The number of fused-ring (bicyclic) bond motifs is 1. The summed E-state index contributed by atoms with van der Waals surface area (Å²) in [6.45, 7) is 2.79. The maximum Gasteiger partial charge on any atom is 0.148 e. The van der Waals surface area contributed by atoms with E-state index in [1.807, 2.05) is 0 Å². The lowest BCUT2D eigenvalue weighted by molar-refractivity contribution is 0.441. The van der Waals surface area contributed by atoms with E-state index in [4.69, 9.17) is 0 Å². The molecule has 1 N–H and O–H groups in total. The largest absolute Gasteiger partial charge is 0.309 e. The number of sulfone groups is 1. The number of hydrogen-bond donors (Lipinski definition) is 1. The first-order valence-corrected chi connectivity index (χ1v) is 8.53. The zero-order valence-corrected chi connectivity index (χ0v) is 11.8. The summed E-state index contributed by atoms with van der Waals surface area (Å²) in [6, 6.07) is 8.78. The Balaban J connectivity index is 2.05. The number of rotatable bonds is 4. The maximum atomic E-state index is 11.1. The molecule has 100 valence electrons. The first kappa shape index (κ1) is 13.6. The van der Waals surface area contributed by atoms with Crippen LogP contribution in [0, 0.1) is 0 Å². The first-order chi connectivity index (χ1) is 8.47. The highest BCUT2D eigenvalue weighted by molar-refractivity contribution is 7.90. The molecular formula is C14H21NO2S. The van der Waals surface area contributed by atoms with Crippen molar-refractivity contribution in [2.75, 3.05) is 18.6 Å². The minimum absolute atomic E-state index is 0.210. The molecule has 0 bridgehead atoms. The standard InChI is InChI=1S/C14H21NO2S/c1-11-7-8-14(15-9-10-18(2,16)17)13-6-4-3-5-12(11)13/h3-6,11,14-15H,7-10H2,1-2H3. The first-order valence-electron chi connectivity index (χ1n) is 6.47. The Kier molecular flexibility index (Phi) is 4.07. The number of hydrogen-bond acceptors (Lipinski definition) is 3. The molecule has 3 nitrogen and oxygen atoms in total. The highest BCUT2D eigenvalue weighted by Crippen LogP contribution is 2.36. The molecule has 0 amide bonds. The fourth-order valence-corrected chi connectivity index (χ4v) is 3.12. The molecule has 1 aromatic rings. The monoisotopic (exact) mass is 267 g/mol. The molecule has 0 saturated carbocycles. The van der Waals surface area contributed by atoms with Crippen molar-refractivity contribution in [1.29, 1.82) is 0 Å². The Hall–Kier alpha value is -0.870. The molecule has 18 heavy (non-hydrogen) atoms. The Morgan fingerprint density at radius 1 is 1.22 bits per heavy atom. The molecule has 1 aromatic carbocycles. The van der Waals surface area contributed by atoms with Gasteiger partial charge in [0.15, 0.2) is 0 Å². The van der Waals surface area contributed by atoms with Crippen molar-refractivity contribution in [1.82, 2.24) is 5.32 Å². The van der Waals surface area contributed by atoms with Crippen molar-refractivity contribution < 1.29 is 8.42 Å². The zero-order valence-electron chi connectivity index (χ0n) is 11.0. The minimum atomic E-state index is -2.88. The van der Waals surface area contributed by atoms with Gasteiger partial charge in [-0.25, -0.2) is 8.42 Å². The van der Waals surface area contributed by atoms with Gasteiger partial charge in [0.2, 0.25) is 0 Å². The summed E-state index contributed by atoms with van der Waals surface area (Å²) >= 11 is 0. The fourth-order valence-electron chi connectivity index (χ4n) is 2.64. The van der Waals surface area contributed by atoms with Crippen molar-refractivity contribution >= 4 is 9.84 Å². The molecule has 1 aliphatic rings. The van der Waals surface area contributed by atoms with Crippen LogP contribution in [0.15, 0.2) is 24.3 Å². The third-order valence-corrected chi connectivity index (χ3v) is 4.60.